The topological polar surface area (TPSA) is 67.5 Å². The van der Waals surface area contributed by atoms with Gasteiger partial charge in [-0.05, 0) is 50.0 Å². The highest BCUT2D eigenvalue weighted by Crippen LogP contribution is 2.32. The summed E-state index contributed by atoms with van der Waals surface area (Å²) in [6, 6.07) is 14.3. The van der Waals surface area contributed by atoms with Crippen LogP contribution in [0.4, 0.5) is 16.2 Å². The molecule has 0 saturated carbocycles. The molecule has 1 atom stereocenters. The molecule has 146 valence electrons. The molecular weight excluding hydrogens is 352 g/mol. The number of anilines is 2. The number of benzene rings is 2. The van der Waals surface area contributed by atoms with Gasteiger partial charge in [0.2, 0.25) is 0 Å². The number of carbonyl (C=O) groups excluding carboxylic acids is 1. The van der Waals surface area contributed by atoms with Crippen LogP contribution < -0.4 is 15.1 Å². The SMILES string of the molecule is CN(C)CCN(C)c1ccc(C2CNC(=O)N2c2ccc3nc[nH]c3c2)cc1. The van der Waals surface area contributed by atoms with Gasteiger partial charge in [0.05, 0.1) is 23.4 Å². The summed E-state index contributed by atoms with van der Waals surface area (Å²) in [5.74, 6) is 0. The highest BCUT2D eigenvalue weighted by atomic mass is 16.2. The Bertz CT molecular complexity index is 964. The Kier molecular flexibility index (Phi) is 4.92. The number of nitrogens with zero attached hydrogens (tertiary/aromatic N) is 4. The molecule has 1 aromatic heterocycles. The van der Waals surface area contributed by atoms with Crippen molar-refractivity contribution in [3.63, 3.8) is 0 Å². The summed E-state index contributed by atoms with van der Waals surface area (Å²) >= 11 is 0. The number of hydrogen-bond donors (Lipinski definition) is 2. The Morgan fingerprint density at radius 3 is 2.64 bits per heavy atom. The predicted octanol–water partition coefficient (Wildman–Crippen LogP) is 2.83. The van der Waals surface area contributed by atoms with E-state index in [-0.39, 0.29) is 12.1 Å². The first-order chi connectivity index (χ1) is 13.5. The lowest BCUT2D eigenvalue weighted by Gasteiger charge is -2.25. The average Bonchev–Trinajstić information content (AvgIpc) is 3.31. The van der Waals surface area contributed by atoms with Gasteiger partial charge in [0.15, 0.2) is 0 Å². The van der Waals surface area contributed by atoms with E-state index in [1.54, 1.807) is 6.33 Å². The van der Waals surface area contributed by atoms with E-state index in [1.165, 1.54) is 5.69 Å². The molecule has 4 rings (SSSR count). The summed E-state index contributed by atoms with van der Waals surface area (Å²) in [6.45, 7) is 2.56. The van der Waals surface area contributed by atoms with Gasteiger partial charge in [-0.25, -0.2) is 9.78 Å². The van der Waals surface area contributed by atoms with E-state index in [0.717, 1.165) is 35.4 Å². The molecule has 1 unspecified atom stereocenters. The molecule has 7 heteroatoms. The second-order valence-corrected chi connectivity index (χ2v) is 7.49. The Morgan fingerprint density at radius 2 is 1.89 bits per heavy atom. The summed E-state index contributed by atoms with van der Waals surface area (Å²) < 4.78 is 0. The number of amides is 2. The molecular formula is C21H26N6O. The largest absolute Gasteiger partial charge is 0.373 e. The predicted molar refractivity (Wildman–Crippen MR) is 113 cm³/mol. The minimum atomic E-state index is -0.0731. The summed E-state index contributed by atoms with van der Waals surface area (Å²) in [5, 5.41) is 2.97. The number of H-pyrrole nitrogens is 1. The molecule has 0 spiro atoms. The number of aromatic nitrogens is 2. The highest BCUT2D eigenvalue weighted by Gasteiger charge is 2.33. The van der Waals surface area contributed by atoms with Gasteiger partial charge >= 0.3 is 6.03 Å². The fourth-order valence-corrected chi connectivity index (χ4v) is 3.57. The molecule has 0 aliphatic carbocycles. The van der Waals surface area contributed by atoms with E-state index in [0.29, 0.717) is 6.54 Å². The van der Waals surface area contributed by atoms with Crippen LogP contribution in [0.15, 0.2) is 48.8 Å². The molecule has 0 bridgehead atoms. The van der Waals surface area contributed by atoms with Crippen LogP contribution in [0, 0.1) is 0 Å². The second-order valence-electron chi connectivity index (χ2n) is 7.49. The number of aromatic amines is 1. The lowest BCUT2D eigenvalue weighted by Crippen LogP contribution is -2.30. The maximum absolute atomic E-state index is 12.5. The number of imidazole rings is 1. The fraction of sp³-hybridized carbons (Fsp3) is 0.333. The normalized spacial score (nSPS) is 16.8. The van der Waals surface area contributed by atoms with Crippen molar-refractivity contribution < 1.29 is 4.79 Å². The van der Waals surface area contributed by atoms with Gasteiger partial charge in [-0.3, -0.25) is 4.90 Å². The molecule has 1 fully saturated rings. The van der Waals surface area contributed by atoms with Gasteiger partial charge in [0.25, 0.3) is 0 Å². The van der Waals surface area contributed by atoms with Crippen molar-refractivity contribution in [2.75, 3.05) is 50.6 Å². The Morgan fingerprint density at radius 1 is 1.11 bits per heavy atom. The molecule has 1 saturated heterocycles. The Balaban J connectivity index is 1.56. The van der Waals surface area contributed by atoms with E-state index in [9.17, 15) is 4.79 Å². The molecule has 2 N–H and O–H groups in total. The summed E-state index contributed by atoms with van der Waals surface area (Å²) in [7, 11) is 6.26. The first kappa shape index (κ1) is 18.3. The van der Waals surface area contributed by atoms with Gasteiger partial charge in [0.1, 0.15) is 0 Å². The zero-order chi connectivity index (χ0) is 19.7. The van der Waals surface area contributed by atoms with Gasteiger partial charge in [-0.1, -0.05) is 12.1 Å². The van der Waals surface area contributed by atoms with Crippen molar-refractivity contribution in [1.29, 1.82) is 0 Å². The van der Waals surface area contributed by atoms with Crippen molar-refractivity contribution in [2.24, 2.45) is 0 Å². The minimum Gasteiger partial charge on any atom is -0.373 e. The Hall–Kier alpha value is -3.06. The third-order valence-corrected chi connectivity index (χ3v) is 5.26. The number of carbonyl (C=O) groups is 1. The van der Waals surface area contributed by atoms with Crippen LogP contribution in [0.5, 0.6) is 0 Å². The highest BCUT2D eigenvalue weighted by molar-refractivity contribution is 5.97. The number of fused-ring (bicyclic) bond motifs is 1. The molecule has 1 aliphatic heterocycles. The van der Waals surface area contributed by atoms with Crippen LogP contribution in [0.25, 0.3) is 11.0 Å². The van der Waals surface area contributed by atoms with Crippen LogP contribution in [-0.2, 0) is 0 Å². The molecule has 1 aliphatic rings. The first-order valence-electron chi connectivity index (χ1n) is 9.49. The van der Waals surface area contributed by atoms with Crippen molar-refractivity contribution in [1.82, 2.24) is 20.2 Å². The van der Waals surface area contributed by atoms with E-state index in [2.05, 4.69) is 70.5 Å². The van der Waals surface area contributed by atoms with Crippen molar-refractivity contribution in [3.8, 4) is 0 Å². The van der Waals surface area contributed by atoms with Crippen molar-refractivity contribution >= 4 is 28.4 Å². The summed E-state index contributed by atoms with van der Waals surface area (Å²) in [4.78, 5) is 26.1. The van der Waals surface area contributed by atoms with Crippen molar-refractivity contribution in [3.05, 3.63) is 54.4 Å². The minimum absolute atomic E-state index is 0.0333. The summed E-state index contributed by atoms with van der Waals surface area (Å²) in [5.41, 5.74) is 4.98. The lowest BCUT2D eigenvalue weighted by molar-refractivity contribution is 0.251. The molecule has 28 heavy (non-hydrogen) atoms. The number of likely N-dealkylation sites (N-methyl/N-ethyl adjacent to an activating group) is 2. The summed E-state index contributed by atoms with van der Waals surface area (Å²) in [6.07, 6.45) is 1.67. The number of urea groups is 1. The van der Waals surface area contributed by atoms with Crippen molar-refractivity contribution in [2.45, 2.75) is 6.04 Å². The third-order valence-electron chi connectivity index (χ3n) is 5.26. The van der Waals surface area contributed by atoms with Gasteiger partial charge in [-0.15, -0.1) is 0 Å². The first-order valence-corrected chi connectivity index (χ1v) is 9.49. The number of nitrogens with one attached hydrogen (secondary N) is 2. The van der Waals surface area contributed by atoms with E-state index in [1.807, 2.05) is 23.1 Å². The van der Waals surface area contributed by atoms with Gasteiger partial charge in [-0.2, -0.15) is 0 Å². The number of rotatable bonds is 6. The molecule has 2 aromatic carbocycles. The zero-order valence-corrected chi connectivity index (χ0v) is 16.5. The van der Waals surface area contributed by atoms with E-state index < -0.39 is 0 Å². The average molecular weight is 378 g/mol. The quantitative estimate of drug-likeness (QED) is 0.692. The van der Waals surface area contributed by atoms with Crippen LogP contribution in [0.3, 0.4) is 0 Å². The maximum Gasteiger partial charge on any atom is 0.322 e. The van der Waals surface area contributed by atoms with Gasteiger partial charge in [0, 0.05) is 38.1 Å². The molecule has 7 nitrogen and oxygen atoms in total. The van der Waals surface area contributed by atoms with Crippen LogP contribution in [0.1, 0.15) is 11.6 Å². The molecule has 2 heterocycles. The molecule has 2 amide bonds. The molecule has 0 radical (unpaired) electrons. The van der Waals surface area contributed by atoms with E-state index in [4.69, 9.17) is 0 Å². The fourth-order valence-electron chi connectivity index (χ4n) is 3.57. The third kappa shape index (κ3) is 3.53. The second kappa shape index (κ2) is 7.52. The standard InChI is InChI=1S/C21H26N6O/c1-25(2)10-11-26(3)16-6-4-15(5-7-16)20-13-22-21(28)27(20)17-8-9-18-19(12-17)24-14-23-18/h4-9,12,14,20H,10-11,13H2,1-3H3,(H,22,28)(H,23,24). The zero-order valence-electron chi connectivity index (χ0n) is 16.5. The van der Waals surface area contributed by atoms with Gasteiger partial charge < -0.3 is 20.1 Å². The smallest absolute Gasteiger partial charge is 0.322 e. The van der Waals surface area contributed by atoms with Crippen LogP contribution in [0.2, 0.25) is 0 Å². The van der Waals surface area contributed by atoms with Crippen LogP contribution in [-0.4, -0.2) is 61.7 Å². The van der Waals surface area contributed by atoms with Crippen LogP contribution >= 0.6 is 0 Å². The van der Waals surface area contributed by atoms with E-state index >= 15 is 0 Å². The molecule has 3 aromatic rings. The Labute approximate surface area is 165 Å². The number of hydrogen-bond acceptors (Lipinski definition) is 4. The monoisotopic (exact) mass is 378 g/mol. The maximum atomic E-state index is 12.5. The lowest BCUT2D eigenvalue weighted by atomic mass is 10.0.